The average molecular weight is 426 g/mol. The van der Waals surface area contributed by atoms with Crippen LogP contribution in [0.2, 0.25) is 0 Å². The van der Waals surface area contributed by atoms with Crippen LogP contribution in [-0.4, -0.2) is 17.1 Å². The van der Waals surface area contributed by atoms with Crippen LogP contribution in [0, 0.1) is 13.8 Å². The molecule has 1 heterocycles. The molecule has 0 fully saturated rings. The van der Waals surface area contributed by atoms with Gasteiger partial charge in [-0.3, -0.25) is 9.36 Å². The summed E-state index contributed by atoms with van der Waals surface area (Å²) in [5, 5.41) is 1.40. The van der Waals surface area contributed by atoms with Gasteiger partial charge in [0.2, 0.25) is 0 Å². The third-order valence-corrected chi connectivity index (χ3v) is 5.98. The zero-order chi connectivity index (χ0) is 22.9. The molecule has 0 saturated heterocycles. The van der Waals surface area contributed by atoms with Gasteiger partial charge >= 0.3 is 5.97 Å². The number of esters is 1. The maximum atomic E-state index is 14.0. The highest BCUT2D eigenvalue weighted by Crippen LogP contribution is 2.34. The van der Waals surface area contributed by atoms with Gasteiger partial charge in [-0.25, -0.2) is 4.79 Å². The lowest BCUT2D eigenvalue weighted by molar-refractivity contribution is -0.150. The quantitative estimate of drug-likeness (QED) is 0.390. The Morgan fingerprint density at radius 1 is 0.906 bits per heavy atom. The molecule has 1 aromatic heterocycles. The zero-order valence-electron chi connectivity index (χ0n) is 18.9. The Bertz CT molecular complexity index is 1350. The Hall–Kier alpha value is -3.66. The van der Waals surface area contributed by atoms with E-state index in [1.165, 1.54) is 0 Å². The second kappa shape index (κ2) is 8.46. The van der Waals surface area contributed by atoms with Crippen LogP contribution in [0.4, 0.5) is 0 Å². The van der Waals surface area contributed by atoms with E-state index < -0.39 is 11.5 Å². The summed E-state index contributed by atoms with van der Waals surface area (Å²) in [5.74, 6) is -0.463. The average Bonchev–Trinajstić information content (AvgIpc) is 2.79. The van der Waals surface area contributed by atoms with Crippen LogP contribution >= 0.6 is 0 Å². The van der Waals surface area contributed by atoms with Crippen LogP contribution in [0.3, 0.4) is 0 Å². The van der Waals surface area contributed by atoms with Crippen LogP contribution in [0.15, 0.2) is 83.7 Å². The Balaban J connectivity index is 2.15. The predicted molar refractivity (Wildman–Crippen MR) is 129 cm³/mol. The van der Waals surface area contributed by atoms with Crippen molar-refractivity contribution in [2.45, 2.75) is 33.2 Å². The standard InChI is InChI=1S/C28H27NO3/c1-5-32-27(31)28(4,23-15-13-19(2)14-16-23)29-25(22-11-8-9-20(3)17-22)18-21-10-6-7-12-24(21)26(29)30/h6-18H,5H2,1-4H3. The predicted octanol–water partition coefficient (Wildman–Crippen LogP) is 5.61. The lowest BCUT2D eigenvalue weighted by Crippen LogP contribution is -2.47. The minimum absolute atomic E-state index is 0.225. The molecule has 0 spiro atoms. The molecule has 0 amide bonds. The second-order valence-corrected chi connectivity index (χ2v) is 8.29. The third kappa shape index (κ3) is 3.62. The molecular formula is C28H27NO3. The Morgan fingerprint density at radius 3 is 2.31 bits per heavy atom. The number of hydrogen-bond donors (Lipinski definition) is 0. The largest absolute Gasteiger partial charge is 0.464 e. The van der Waals surface area contributed by atoms with E-state index in [-0.39, 0.29) is 12.2 Å². The van der Waals surface area contributed by atoms with E-state index >= 15 is 0 Å². The molecule has 0 aliphatic rings. The molecular weight excluding hydrogens is 398 g/mol. The number of ether oxygens (including phenoxy) is 1. The van der Waals surface area contributed by atoms with Crippen LogP contribution in [0.5, 0.6) is 0 Å². The Kier molecular flexibility index (Phi) is 5.70. The number of aryl methyl sites for hydroxylation is 2. The Morgan fingerprint density at radius 2 is 1.62 bits per heavy atom. The van der Waals surface area contributed by atoms with Gasteiger partial charge in [-0.15, -0.1) is 0 Å². The summed E-state index contributed by atoms with van der Waals surface area (Å²) in [6, 6.07) is 25.1. The van der Waals surface area contributed by atoms with Crippen LogP contribution < -0.4 is 5.56 Å². The van der Waals surface area contributed by atoms with E-state index in [1.54, 1.807) is 24.5 Å². The first-order valence-electron chi connectivity index (χ1n) is 10.8. The molecule has 1 unspecified atom stereocenters. The van der Waals surface area contributed by atoms with E-state index in [1.807, 2.05) is 86.6 Å². The van der Waals surface area contributed by atoms with Crippen molar-refractivity contribution in [3.8, 4) is 11.3 Å². The van der Waals surface area contributed by atoms with E-state index in [0.717, 1.165) is 22.1 Å². The lowest BCUT2D eigenvalue weighted by atomic mass is 9.89. The number of hydrogen-bond acceptors (Lipinski definition) is 3. The molecule has 4 rings (SSSR count). The first-order chi connectivity index (χ1) is 15.4. The molecule has 0 aliphatic heterocycles. The van der Waals surface area contributed by atoms with Crippen molar-refractivity contribution < 1.29 is 9.53 Å². The molecule has 1 atom stereocenters. The van der Waals surface area contributed by atoms with Crippen molar-refractivity contribution in [1.29, 1.82) is 0 Å². The van der Waals surface area contributed by atoms with Gasteiger partial charge in [0.1, 0.15) is 0 Å². The van der Waals surface area contributed by atoms with Crippen LogP contribution in [0.25, 0.3) is 22.0 Å². The van der Waals surface area contributed by atoms with Gasteiger partial charge in [-0.1, -0.05) is 71.8 Å². The van der Waals surface area contributed by atoms with Crippen molar-refractivity contribution in [2.75, 3.05) is 6.61 Å². The number of carbonyl (C=O) groups is 1. The SMILES string of the molecule is CCOC(=O)C(C)(c1ccc(C)cc1)n1c(-c2cccc(C)c2)cc2ccccc2c1=O. The fraction of sp³-hybridized carbons (Fsp3) is 0.214. The summed E-state index contributed by atoms with van der Waals surface area (Å²) >= 11 is 0. The Labute approximate surface area is 188 Å². The van der Waals surface area contributed by atoms with Crippen molar-refractivity contribution >= 4 is 16.7 Å². The highest BCUT2D eigenvalue weighted by molar-refractivity contribution is 5.89. The monoisotopic (exact) mass is 425 g/mol. The summed E-state index contributed by atoms with van der Waals surface area (Å²) in [7, 11) is 0. The molecule has 4 aromatic rings. The summed E-state index contributed by atoms with van der Waals surface area (Å²) < 4.78 is 7.13. The molecule has 3 aromatic carbocycles. The van der Waals surface area contributed by atoms with Gasteiger partial charge in [-0.05, 0) is 62.4 Å². The van der Waals surface area contributed by atoms with E-state index in [9.17, 15) is 9.59 Å². The van der Waals surface area contributed by atoms with E-state index in [4.69, 9.17) is 4.74 Å². The molecule has 0 radical (unpaired) electrons. The normalized spacial score (nSPS) is 13.0. The zero-order valence-corrected chi connectivity index (χ0v) is 18.9. The maximum Gasteiger partial charge on any atom is 0.336 e. The summed E-state index contributed by atoms with van der Waals surface area (Å²) in [6.45, 7) is 7.77. The summed E-state index contributed by atoms with van der Waals surface area (Å²) in [5.41, 5.74) is 2.82. The van der Waals surface area contributed by atoms with E-state index in [2.05, 4.69) is 0 Å². The lowest BCUT2D eigenvalue weighted by Gasteiger charge is -2.33. The number of benzene rings is 3. The van der Waals surface area contributed by atoms with Gasteiger partial charge in [0.15, 0.2) is 5.54 Å². The highest BCUT2D eigenvalue weighted by atomic mass is 16.5. The highest BCUT2D eigenvalue weighted by Gasteiger charge is 2.41. The molecule has 4 nitrogen and oxygen atoms in total. The van der Waals surface area contributed by atoms with Crippen molar-refractivity contribution in [2.24, 2.45) is 0 Å². The van der Waals surface area contributed by atoms with Crippen LogP contribution in [-0.2, 0) is 15.1 Å². The summed E-state index contributed by atoms with van der Waals surface area (Å²) in [4.78, 5) is 27.5. The number of pyridine rings is 1. The smallest absolute Gasteiger partial charge is 0.336 e. The fourth-order valence-corrected chi connectivity index (χ4v) is 4.21. The molecule has 32 heavy (non-hydrogen) atoms. The molecule has 0 saturated carbocycles. The molecule has 0 N–H and O–H groups in total. The van der Waals surface area contributed by atoms with E-state index in [0.29, 0.717) is 16.6 Å². The minimum Gasteiger partial charge on any atom is -0.464 e. The number of fused-ring (bicyclic) bond motifs is 1. The number of rotatable bonds is 5. The van der Waals surface area contributed by atoms with Crippen molar-refractivity contribution in [1.82, 2.24) is 4.57 Å². The third-order valence-electron chi connectivity index (χ3n) is 5.98. The molecule has 4 heteroatoms. The minimum atomic E-state index is -1.34. The van der Waals surface area contributed by atoms with Gasteiger partial charge in [-0.2, -0.15) is 0 Å². The number of carbonyl (C=O) groups excluding carboxylic acids is 1. The molecule has 0 bridgehead atoms. The fourth-order valence-electron chi connectivity index (χ4n) is 4.21. The van der Waals surface area contributed by atoms with Gasteiger partial charge in [0.25, 0.3) is 5.56 Å². The first-order valence-corrected chi connectivity index (χ1v) is 10.8. The van der Waals surface area contributed by atoms with Gasteiger partial charge in [0.05, 0.1) is 12.3 Å². The molecule has 0 aliphatic carbocycles. The first kappa shape index (κ1) is 21.6. The van der Waals surface area contributed by atoms with Gasteiger partial charge < -0.3 is 4.74 Å². The number of nitrogens with zero attached hydrogens (tertiary/aromatic N) is 1. The number of aromatic nitrogens is 1. The van der Waals surface area contributed by atoms with Crippen LogP contribution in [0.1, 0.15) is 30.5 Å². The van der Waals surface area contributed by atoms with Crippen molar-refractivity contribution in [3.63, 3.8) is 0 Å². The molecule has 162 valence electrons. The second-order valence-electron chi connectivity index (χ2n) is 8.29. The maximum absolute atomic E-state index is 14.0. The van der Waals surface area contributed by atoms with Gasteiger partial charge in [0, 0.05) is 5.39 Å². The van der Waals surface area contributed by atoms with Crippen molar-refractivity contribution in [3.05, 3.63) is 106 Å². The topological polar surface area (TPSA) is 48.3 Å². The summed E-state index contributed by atoms with van der Waals surface area (Å²) in [6.07, 6.45) is 0.